The second kappa shape index (κ2) is 10.3. The number of aliphatic hydroxyl groups excluding tert-OH is 1. The van der Waals surface area contributed by atoms with Gasteiger partial charge in [-0.1, -0.05) is 60.7 Å². The quantitative estimate of drug-likeness (QED) is 0.416. The van der Waals surface area contributed by atoms with Crippen molar-refractivity contribution in [3.05, 3.63) is 90.0 Å². The zero-order valence-corrected chi connectivity index (χ0v) is 16.1. The number of aliphatic imine (C=N–C) groups is 1. The van der Waals surface area contributed by atoms with E-state index in [1.807, 2.05) is 60.9 Å². The lowest BCUT2D eigenvalue weighted by atomic mass is 10.0. The van der Waals surface area contributed by atoms with E-state index < -0.39 is 0 Å². The molecule has 0 saturated carbocycles. The fraction of sp³-hybridized carbons (Fsp3) is 0.273. The molecule has 3 rings (SSSR count). The van der Waals surface area contributed by atoms with Crippen LogP contribution in [0, 0.1) is 0 Å². The number of hydrogen-bond donors (Lipinski definition) is 3. The number of hydrogen-bond acceptors (Lipinski definition) is 3. The van der Waals surface area contributed by atoms with Crippen molar-refractivity contribution in [3.8, 4) is 0 Å². The summed E-state index contributed by atoms with van der Waals surface area (Å²) in [5, 5.41) is 16.3. The Hall–Kier alpha value is -3.12. The molecule has 1 heterocycles. The molecule has 0 fully saturated rings. The average Bonchev–Trinajstić information content (AvgIpc) is 3.19. The van der Waals surface area contributed by atoms with Gasteiger partial charge in [0, 0.05) is 38.4 Å². The van der Waals surface area contributed by atoms with Gasteiger partial charge in [0.2, 0.25) is 0 Å². The molecule has 6 heteroatoms. The Morgan fingerprint density at radius 2 is 1.79 bits per heavy atom. The standard InChI is InChI=1S/C22H27N5O/c1-23-22(25-14-20(17-28)19-10-6-3-7-11-19)26-15-21-24-12-13-27(21)16-18-8-4-2-5-9-18/h2-13,20,28H,14-17H2,1H3,(H2,23,25,26). The zero-order valence-electron chi connectivity index (χ0n) is 16.1. The van der Waals surface area contributed by atoms with Crippen LogP contribution in [0.3, 0.4) is 0 Å². The molecule has 0 saturated heterocycles. The highest BCUT2D eigenvalue weighted by molar-refractivity contribution is 5.79. The smallest absolute Gasteiger partial charge is 0.191 e. The monoisotopic (exact) mass is 377 g/mol. The van der Waals surface area contributed by atoms with Crippen molar-refractivity contribution in [3.63, 3.8) is 0 Å². The second-order valence-electron chi connectivity index (χ2n) is 6.55. The Kier molecular flexibility index (Phi) is 7.21. The molecule has 3 aromatic rings. The molecular formula is C22H27N5O. The number of nitrogens with zero attached hydrogens (tertiary/aromatic N) is 3. The van der Waals surface area contributed by atoms with E-state index in [0.717, 1.165) is 17.9 Å². The highest BCUT2D eigenvalue weighted by atomic mass is 16.3. The minimum Gasteiger partial charge on any atom is -0.396 e. The van der Waals surface area contributed by atoms with Crippen LogP contribution in [-0.4, -0.2) is 40.8 Å². The number of imidazole rings is 1. The first-order valence-electron chi connectivity index (χ1n) is 9.44. The van der Waals surface area contributed by atoms with Crippen molar-refractivity contribution in [1.29, 1.82) is 0 Å². The Bertz CT molecular complexity index is 861. The van der Waals surface area contributed by atoms with Crippen LogP contribution in [0.15, 0.2) is 78.0 Å². The van der Waals surface area contributed by atoms with Gasteiger partial charge in [-0.3, -0.25) is 4.99 Å². The topological polar surface area (TPSA) is 74.5 Å². The molecule has 0 spiro atoms. The fourth-order valence-corrected chi connectivity index (χ4v) is 3.05. The molecule has 6 nitrogen and oxygen atoms in total. The van der Waals surface area contributed by atoms with Crippen molar-refractivity contribution in [2.45, 2.75) is 19.0 Å². The number of guanidine groups is 1. The highest BCUT2D eigenvalue weighted by Gasteiger charge is 2.11. The molecule has 0 bridgehead atoms. The number of benzene rings is 2. The third-order valence-electron chi connectivity index (χ3n) is 4.64. The van der Waals surface area contributed by atoms with Crippen molar-refractivity contribution in [2.24, 2.45) is 4.99 Å². The van der Waals surface area contributed by atoms with E-state index in [-0.39, 0.29) is 12.5 Å². The summed E-state index contributed by atoms with van der Waals surface area (Å²) >= 11 is 0. The first-order valence-corrected chi connectivity index (χ1v) is 9.44. The maximum Gasteiger partial charge on any atom is 0.191 e. The summed E-state index contributed by atoms with van der Waals surface area (Å²) < 4.78 is 2.12. The molecule has 1 atom stereocenters. The van der Waals surface area contributed by atoms with Crippen LogP contribution in [0.25, 0.3) is 0 Å². The molecule has 146 valence electrons. The van der Waals surface area contributed by atoms with E-state index in [0.29, 0.717) is 19.0 Å². The van der Waals surface area contributed by atoms with Gasteiger partial charge >= 0.3 is 0 Å². The average molecular weight is 377 g/mol. The number of aliphatic hydroxyl groups is 1. The SMILES string of the molecule is CN=C(NCc1nccn1Cc1ccccc1)NCC(CO)c1ccccc1. The van der Waals surface area contributed by atoms with Crippen molar-refractivity contribution < 1.29 is 5.11 Å². The molecule has 1 unspecified atom stereocenters. The summed E-state index contributed by atoms with van der Waals surface area (Å²) in [5.41, 5.74) is 2.34. The Labute approximate surface area is 166 Å². The van der Waals surface area contributed by atoms with Crippen molar-refractivity contribution >= 4 is 5.96 Å². The van der Waals surface area contributed by atoms with E-state index in [4.69, 9.17) is 0 Å². The normalized spacial score (nSPS) is 12.6. The van der Waals surface area contributed by atoms with Crippen molar-refractivity contribution in [1.82, 2.24) is 20.2 Å². The lowest BCUT2D eigenvalue weighted by Crippen LogP contribution is -2.40. The number of rotatable bonds is 8. The van der Waals surface area contributed by atoms with E-state index in [1.54, 1.807) is 7.05 Å². The van der Waals surface area contributed by atoms with Gasteiger partial charge in [0.1, 0.15) is 5.82 Å². The van der Waals surface area contributed by atoms with Gasteiger partial charge in [-0.25, -0.2) is 4.98 Å². The highest BCUT2D eigenvalue weighted by Crippen LogP contribution is 2.13. The van der Waals surface area contributed by atoms with Crippen LogP contribution in [0.4, 0.5) is 0 Å². The minimum absolute atomic E-state index is 0.0137. The molecule has 3 N–H and O–H groups in total. The lowest BCUT2D eigenvalue weighted by Gasteiger charge is -2.18. The van der Waals surface area contributed by atoms with Gasteiger partial charge in [0.25, 0.3) is 0 Å². The lowest BCUT2D eigenvalue weighted by molar-refractivity contribution is 0.265. The summed E-state index contributed by atoms with van der Waals surface area (Å²) in [7, 11) is 1.74. The van der Waals surface area contributed by atoms with E-state index >= 15 is 0 Å². The minimum atomic E-state index is 0.0137. The van der Waals surface area contributed by atoms with Crippen LogP contribution in [0.5, 0.6) is 0 Å². The molecule has 1 aromatic heterocycles. The van der Waals surface area contributed by atoms with Crippen LogP contribution in [0.1, 0.15) is 22.9 Å². The summed E-state index contributed by atoms with van der Waals surface area (Å²) in [4.78, 5) is 8.73. The van der Waals surface area contributed by atoms with Crippen LogP contribution in [-0.2, 0) is 13.1 Å². The van der Waals surface area contributed by atoms with Gasteiger partial charge in [-0.2, -0.15) is 0 Å². The first kappa shape index (κ1) is 19.6. The van der Waals surface area contributed by atoms with Gasteiger partial charge in [-0.15, -0.1) is 0 Å². The van der Waals surface area contributed by atoms with E-state index in [1.165, 1.54) is 5.56 Å². The molecule has 0 radical (unpaired) electrons. The molecular weight excluding hydrogens is 350 g/mol. The largest absolute Gasteiger partial charge is 0.396 e. The zero-order chi connectivity index (χ0) is 19.6. The van der Waals surface area contributed by atoms with Gasteiger partial charge in [0.05, 0.1) is 13.2 Å². The van der Waals surface area contributed by atoms with Gasteiger partial charge in [0.15, 0.2) is 5.96 Å². The van der Waals surface area contributed by atoms with Gasteiger partial charge in [-0.05, 0) is 11.1 Å². The third-order valence-corrected chi connectivity index (χ3v) is 4.64. The van der Waals surface area contributed by atoms with Crippen LogP contribution in [0.2, 0.25) is 0 Å². The summed E-state index contributed by atoms with van der Waals surface area (Å²) in [5.74, 6) is 1.64. The summed E-state index contributed by atoms with van der Waals surface area (Å²) in [6.45, 7) is 2.02. The third kappa shape index (κ3) is 5.44. The Morgan fingerprint density at radius 3 is 2.46 bits per heavy atom. The summed E-state index contributed by atoms with van der Waals surface area (Å²) in [6, 6.07) is 20.3. The molecule has 0 aliphatic heterocycles. The van der Waals surface area contributed by atoms with E-state index in [2.05, 4.69) is 37.3 Å². The predicted molar refractivity (Wildman–Crippen MR) is 112 cm³/mol. The maximum atomic E-state index is 9.71. The second-order valence-corrected chi connectivity index (χ2v) is 6.55. The first-order chi connectivity index (χ1) is 13.8. The summed E-state index contributed by atoms with van der Waals surface area (Å²) in [6.07, 6.45) is 3.80. The Morgan fingerprint density at radius 1 is 1.07 bits per heavy atom. The molecule has 28 heavy (non-hydrogen) atoms. The molecule has 0 amide bonds. The number of aromatic nitrogens is 2. The molecule has 0 aliphatic carbocycles. The van der Waals surface area contributed by atoms with Crippen LogP contribution < -0.4 is 10.6 Å². The Balaban J connectivity index is 1.54. The van der Waals surface area contributed by atoms with Crippen molar-refractivity contribution in [2.75, 3.05) is 20.2 Å². The fourth-order valence-electron chi connectivity index (χ4n) is 3.05. The maximum absolute atomic E-state index is 9.71. The van der Waals surface area contributed by atoms with E-state index in [9.17, 15) is 5.11 Å². The molecule has 2 aromatic carbocycles. The molecule has 0 aliphatic rings. The predicted octanol–water partition coefficient (Wildman–Crippen LogP) is 2.37. The van der Waals surface area contributed by atoms with Crippen LogP contribution >= 0.6 is 0 Å². The number of nitrogens with one attached hydrogen (secondary N) is 2. The van der Waals surface area contributed by atoms with Gasteiger partial charge < -0.3 is 20.3 Å².